The summed E-state index contributed by atoms with van der Waals surface area (Å²) >= 11 is 1.37. The van der Waals surface area contributed by atoms with Gasteiger partial charge in [-0.15, -0.1) is 11.3 Å². The van der Waals surface area contributed by atoms with Crippen molar-refractivity contribution in [1.29, 1.82) is 0 Å². The number of allylic oxidation sites excluding steroid dienone is 1. The number of hydroxylamine groups is 1. The van der Waals surface area contributed by atoms with E-state index < -0.39 is 17.7 Å². The number of ether oxygens (including phenoxy) is 1. The van der Waals surface area contributed by atoms with Crippen LogP contribution in [-0.4, -0.2) is 16.1 Å². The third-order valence-corrected chi connectivity index (χ3v) is 7.18. The summed E-state index contributed by atoms with van der Waals surface area (Å²) in [6.45, 7) is 3.76. The van der Waals surface area contributed by atoms with Crippen molar-refractivity contribution < 1.29 is 37.0 Å². The molecule has 0 amide bonds. The van der Waals surface area contributed by atoms with Crippen molar-refractivity contribution >= 4 is 17.3 Å². The first-order valence-electron chi connectivity index (χ1n) is 12.4. The van der Waals surface area contributed by atoms with Gasteiger partial charge < -0.3 is 9.84 Å². The van der Waals surface area contributed by atoms with Gasteiger partial charge in [-0.3, -0.25) is 10.3 Å². The van der Waals surface area contributed by atoms with Crippen LogP contribution in [0.3, 0.4) is 0 Å². The van der Waals surface area contributed by atoms with Crippen LogP contribution in [0.15, 0.2) is 84.1 Å². The maximum Gasteiger partial charge on any atom is 0.416 e. The molecule has 4 rings (SSSR count). The van der Waals surface area contributed by atoms with Gasteiger partial charge in [-0.1, -0.05) is 36.4 Å². The molecule has 4 aromatic rings. The summed E-state index contributed by atoms with van der Waals surface area (Å²) in [5.74, 6) is -0.898. The first-order chi connectivity index (χ1) is 19.5. The second-order valence-electron chi connectivity index (χ2n) is 9.13. The Bertz CT molecular complexity index is 1510. The van der Waals surface area contributed by atoms with E-state index >= 15 is 0 Å². The van der Waals surface area contributed by atoms with Crippen LogP contribution in [0.2, 0.25) is 0 Å². The minimum absolute atomic E-state index is 0.117. The molecular weight excluding hydrogens is 560 g/mol. The van der Waals surface area contributed by atoms with Crippen LogP contribution >= 0.6 is 11.3 Å². The Hall–Kier alpha value is -4.22. The summed E-state index contributed by atoms with van der Waals surface area (Å²) in [5.41, 5.74) is 5.12. The smallest absolute Gasteiger partial charge is 0.416 e. The molecule has 1 aromatic heterocycles. The monoisotopic (exact) mass is 586 g/mol. The maximum absolute atomic E-state index is 13.0. The van der Waals surface area contributed by atoms with Gasteiger partial charge in [0.05, 0.1) is 23.4 Å². The number of thiazole rings is 1. The van der Waals surface area contributed by atoms with Crippen LogP contribution in [0.25, 0.3) is 10.6 Å². The van der Waals surface area contributed by atoms with Gasteiger partial charge in [0.1, 0.15) is 23.2 Å². The Kier molecular flexibility index (Phi) is 9.41. The topological polar surface area (TPSA) is 80.7 Å². The van der Waals surface area contributed by atoms with Crippen LogP contribution in [-0.2, 0) is 35.4 Å². The standard InChI is InChI=1S/C30H26F4N2O4S/c1-18(36-40-16-21-3-11-24(31)12-4-21)26(29(37)38)15-20-5-13-25(14-6-20)39-17-27-19(2)41-28(35-27)22-7-9-23(10-8-22)30(32,33)34/h3-14,36H,15-17H2,1-2H3,(H,37,38). The molecule has 1 heterocycles. The zero-order valence-electron chi connectivity index (χ0n) is 22.1. The summed E-state index contributed by atoms with van der Waals surface area (Å²) in [4.78, 5) is 22.7. The molecule has 11 heteroatoms. The van der Waals surface area contributed by atoms with E-state index in [1.54, 1.807) is 43.3 Å². The highest BCUT2D eigenvalue weighted by Gasteiger charge is 2.30. The normalized spacial score (nSPS) is 12.1. The van der Waals surface area contributed by atoms with Crippen LogP contribution in [0.5, 0.6) is 5.75 Å². The molecule has 3 aromatic carbocycles. The van der Waals surface area contributed by atoms with Crippen molar-refractivity contribution in [1.82, 2.24) is 10.5 Å². The average molecular weight is 587 g/mol. The molecule has 2 N–H and O–H groups in total. The van der Waals surface area contributed by atoms with E-state index in [9.17, 15) is 27.5 Å². The zero-order valence-corrected chi connectivity index (χ0v) is 22.9. The lowest BCUT2D eigenvalue weighted by Crippen LogP contribution is -2.18. The third kappa shape index (κ3) is 8.15. The lowest BCUT2D eigenvalue weighted by Gasteiger charge is -2.12. The fourth-order valence-corrected chi connectivity index (χ4v) is 4.71. The fourth-order valence-electron chi connectivity index (χ4n) is 3.79. The van der Waals surface area contributed by atoms with Crippen molar-refractivity contribution in [3.63, 3.8) is 0 Å². The van der Waals surface area contributed by atoms with Gasteiger partial charge in [0.25, 0.3) is 0 Å². The Balaban J connectivity index is 1.34. The summed E-state index contributed by atoms with van der Waals surface area (Å²) in [6, 6.07) is 17.6. The first kappa shape index (κ1) is 29.8. The van der Waals surface area contributed by atoms with E-state index in [-0.39, 0.29) is 31.0 Å². The number of hydrogen-bond acceptors (Lipinski definition) is 6. The molecule has 0 bridgehead atoms. The fraction of sp³-hybridized carbons (Fsp3) is 0.200. The molecule has 0 aliphatic carbocycles. The molecule has 0 saturated heterocycles. The molecule has 0 aliphatic rings. The number of halogens is 4. The van der Waals surface area contributed by atoms with E-state index in [1.165, 1.54) is 35.6 Å². The van der Waals surface area contributed by atoms with Gasteiger partial charge in [0, 0.05) is 22.6 Å². The number of carboxylic acid groups (broad SMARTS) is 1. The zero-order chi connectivity index (χ0) is 29.6. The summed E-state index contributed by atoms with van der Waals surface area (Å²) in [7, 11) is 0. The Morgan fingerprint density at radius 3 is 2.20 bits per heavy atom. The number of carboxylic acids is 1. The average Bonchev–Trinajstić information content (AvgIpc) is 3.32. The molecule has 0 atom stereocenters. The second kappa shape index (κ2) is 13.0. The molecule has 41 heavy (non-hydrogen) atoms. The number of nitrogens with one attached hydrogen (secondary N) is 1. The maximum atomic E-state index is 13.0. The van der Waals surface area contributed by atoms with Crippen LogP contribution in [0.4, 0.5) is 17.6 Å². The van der Waals surface area contributed by atoms with Crippen LogP contribution in [0.1, 0.15) is 34.2 Å². The number of aromatic nitrogens is 1. The summed E-state index contributed by atoms with van der Waals surface area (Å²) < 4.78 is 57.4. The SMILES string of the molecule is CC(NOCc1ccc(F)cc1)=C(Cc1ccc(OCc2nc(-c3ccc(C(F)(F)F)cc3)sc2C)cc1)C(=O)O. The molecule has 6 nitrogen and oxygen atoms in total. The van der Waals surface area contributed by atoms with Gasteiger partial charge in [-0.2, -0.15) is 13.2 Å². The second-order valence-corrected chi connectivity index (χ2v) is 10.3. The highest BCUT2D eigenvalue weighted by molar-refractivity contribution is 7.15. The third-order valence-electron chi connectivity index (χ3n) is 6.12. The quantitative estimate of drug-likeness (QED) is 0.108. The van der Waals surface area contributed by atoms with E-state index in [4.69, 9.17) is 9.57 Å². The van der Waals surface area contributed by atoms with Crippen molar-refractivity contribution in [3.8, 4) is 16.3 Å². The number of aliphatic carboxylic acids is 1. The van der Waals surface area contributed by atoms with Crippen molar-refractivity contribution in [2.24, 2.45) is 0 Å². The molecule has 0 fully saturated rings. The number of rotatable bonds is 11. The highest BCUT2D eigenvalue weighted by Crippen LogP contribution is 2.33. The van der Waals surface area contributed by atoms with Gasteiger partial charge in [-0.25, -0.2) is 14.2 Å². The van der Waals surface area contributed by atoms with Crippen LogP contribution < -0.4 is 10.2 Å². The van der Waals surface area contributed by atoms with Gasteiger partial charge >= 0.3 is 12.1 Å². The Labute approximate surface area is 237 Å². The van der Waals surface area contributed by atoms with Crippen molar-refractivity contribution in [3.05, 3.63) is 117 Å². The van der Waals surface area contributed by atoms with Crippen LogP contribution in [0, 0.1) is 12.7 Å². The molecule has 214 valence electrons. The number of nitrogens with zero attached hydrogens (tertiary/aromatic N) is 1. The number of carbonyl (C=O) groups is 1. The van der Waals surface area contributed by atoms with Gasteiger partial charge in [0.2, 0.25) is 0 Å². The first-order valence-corrected chi connectivity index (χ1v) is 13.2. The predicted molar refractivity (Wildman–Crippen MR) is 146 cm³/mol. The summed E-state index contributed by atoms with van der Waals surface area (Å²) in [6.07, 6.45) is -4.26. The van der Waals surface area contributed by atoms with E-state index in [1.807, 2.05) is 6.92 Å². The molecule has 0 unspecified atom stereocenters. The van der Waals surface area contributed by atoms with E-state index in [0.717, 1.165) is 28.1 Å². The molecular formula is C30H26F4N2O4S. The predicted octanol–water partition coefficient (Wildman–Crippen LogP) is 7.48. The number of benzene rings is 3. The molecule has 0 radical (unpaired) electrons. The number of hydrogen-bond donors (Lipinski definition) is 2. The van der Waals surface area contributed by atoms with Gasteiger partial charge in [-0.05, 0) is 61.4 Å². The largest absolute Gasteiger partial charge is 0.487 e. The number of alkyl halides is 3. The molecule has 0 spiro atoms. The Morgan fingerprint density at radius 1 is 0.951 bits per heavy atom. The van der Waals surface area contributed by atoms with Crippen molar-refractivity contribution in [2.45, 2.75) is 39.7 Å². The highest BCUT2D eigenvalue weighted by atomic mass is 32.1. The minimum Gasteiger partial charge on any atom is -0.487 e. The minimum atomic E-state index is -4.40. The van der Waals surface area contributed by atoms with E-state index in [2.05, 4.69) is 10.5 Å². The molecule has 0 aliphatic heterocycles. The number of aryl methyl sites for hydroxylation is 1. The molecule has 0 saturated carbocycles. The van der Waals surface area contributed by atoms with Crippen molar-refractivity contribution in [2.75, 3.05) is 0 Å². The van der Waals surface area contributed by atoms with E-state index in [0.29, 0.717) is 27.7 Å². The van der Waals surface area contributed by atoms with Gasteiger partial charge in [0.15, 0.2) is 0 Å². The lowest BCUT2D eigenvalue weighted by molar-refractivity contribution is -0.137. The Morgan fingerprint density at radius 2 is 1.59 bits per heavy atom. The summed E-state index contributed by atoms with van der Waals surface area (Å²) in [5, 5.41) is 10.3. The lowest BCUT2D eigenvalue weighted by atomic mass is 10.0.